The van der Waals surface area contributed by atoms with Crippen LogP contribution in [0.15, 0.2) is 22.7 Å². The number of rotatable bonds is 2. The zero-order valence-corrected chi connectivity index (χ0v) is 10.6. The summed E-state index contributed by atoms with van der Waals surface area (Å²) in [6, 6.07) is 6.47. The van der Waals surface area contributed by atoms with Gasteiger partial charge in [-0.3, -0.25) is 0 Å². The predicted octanol–water partition coefficient (Wildman–Crippen LogP) is 3.21. The molecule has 0 heterocycles. The maximum atomic E-state index is 6.06. The molecule has 2 rings (SSSR count). The fourth-order valence-electron chi connectivity index (χ4n) is 1.51. The number of benzene rings is 1. The van der Waals surface area contributed by atoms with Crippen LogP contribution in [0.5, 0.6) is 0 Å². The van der Waals surface area contributed by atoms with Crippen LogP contribution in [0, 0.1) is 6.92 Å². The first-order valence-electron chi connectivity index (χ1n) is 4.63. The molecule has 1 aromatic rings. The van der Waals surface area contributed by atoms with Crippen LogP contribution in [0.4, 0.5) is 0 Å². The second-order valence-electron chi connectivity index (χ2n) is 4.13. The van der Waals surface area contributed by atoms with Gasteiger partial charge >= 0.3 is 0 Å². The van der Waals surface area contributed by atoms with Gasteiger partial charge in [-0.25, -0.2) is 0 Å². The fourth-order valence-corrected chi connectivity index (χ4v) is 2.15. The number of nitrogens with two attached hydrogens (primary N) is 1. The zero-order chi connectivity index (χ0) is 9.47. The largest absolute Gasteiger partial charge is 0.325 e. The molecule has 0 spiro atoms. The lowest BCUT2D eigenvalue weighted by molar-refractivity contribution is 0.670. The second-order valence-corrected chi connectivity index (χ2v) is 4.99. The van der Waals surface area contributed by atoms with E-state index >= 15 is 0 Å². The van der Waals surface area contributed by atoms with E-state index in [0.29, 0.717) is 0 Å². The zero-order valence-electron chi connectivity index (χ0n) is 8.22. The standard InChI is InChI=1S/C11H14BrN.ClH/c1-8-2-3-9(10(12)6-8)7-11(13)4-5-11;/h2-3,6H,4-5,7,13H2,1H3;1H. The van der Waals surface area contributed by atoms with Crippen molar-refractivity contribution in [3.05, 3.63) is 33.8 Å². The lowest BCUT2D eigenvalue weighted by atomic mass is 10.0. The molecule has 0 unspecified atom stereocenters. The highest BCUT2D eigenvalue weighted by Crippen LogP contribution is 2.37. The normalized spacial score (nSPS) is 17.4. The Bertz CT molecular complexity index is 334. The van der Waals surface area contributed by atoms with Crippen molar-refractivity contribution >= 4 is 28.3 Å². The van der Waals surface area contributed by atoms with E-state index in [1.807, 2.05) is 0 Å². The van der Waals surface area contributed by atoms with Gasteiger partial charge in [0.05, 0.1) is 0 Å². The molecule has 1 saturated carbocycles. The van der Waals surface area contributed by atoms with Crippen molar-refractivity contribution in [2.45, 2.75) is 31.7 Å². The average Bonchev–Trinajstić information content (AvgIpc) is 2.75. The molecule has 1 aromatic carbocycles. The van der Waals surface area contributed by atoms with Crippen molar-refractivity contribution in [2.75, 3.05) is 0 Å². The molecule has 1 nitrogen and oxygen atoms in total. The maximum Gasteiger partial charge on any atom is 0.0210 e. The van der Waals surface area contributed by atoms with E-state index in [-0.39, 0.29) is 17.9 Å². The number of hydrogen-bond donors (Lipinski definition) is 1. The molecule has 14 heavy (non-hydrogen) atoms. The lowest BCUT2D eigenvalue weighted by Gasteiger charge is -2.10. The van der Waals surface area contributed by atoms with Gasteiger partial charge in [0, 0.05) is 10.0 Å². The van der Waals surface area contributed by atoms with Gasteiger partial charge in [0.25, 0.3) is 0 Å². The smallest absolute Gasteiger partial charge is 0.0210 e. The molecule has 1 aliphatic carbocycles. The topological polar surface area (TPSA) is 26.0 Å². The Hall–Kier alpha value is -0.0500. The molecule has 0 aromatic heterocycles. The van der Waals surface area contributed by atoms with Crippen LogP contribution in [-0.2, 0) is 6.42 Å². The van der Waals surface area contributed by atoms with E-state index in [0.717, 1.165) is 6.42 Å². The average molecular weight is 277 g/mol. The highest BCUT2D eigenvalue weighted by Gasteiger charge is 2.38. The molecule has 2 N–H and O–H groups in total. The van der Waals surface area contributed by atoms with Gasteiger partial charge in [0.15, 0.2) is 0 Å². The Morgan fingerprint density at radius 3 is 2.57 bits per heavy atom. The summed E-state index contributed by atoms with van der Waals surface area (Å²) in [5, 5.41) is 0. The molecule has 0 radical (unpaired) electrons. The Balaban J connectivity index is 0.000000980. The van der Waals surface area contributed by atoms with Crippen molar-refractivity contribution in [3.63, 3.8) is 0 Å². The Kier molecular flexibility index (Phi) is 3.62. The first-order valence-corrected chi connectivity index (χ1v) is 5.42. The van der Waals surface area contributed by atoms with Crippen LogP contribution < -0.4 is 5.73 Å². The van der Waals surface area contributed by atoms with Gasteiger partial charge in [-0.15, -0.1) is 12.4 Å². The Labute approximate surface area is 99.6 Å². The Morgan fingerprint density at radius 2 is 2.07 bits per heavy atom. The summed E-state index contributed by atoms with van der Waals surface area (Å²) < 4.78 is 1.20. The minimum absolute atomic E-state index is 0. The molecule has 0 amide bonds. The highest BCUT2D eigenvalue weighted by molar-refractivity contribution is 9.10. The summed E-state index contributed by atoms with van der Waals surface area (Å²) in [6.07, 6.45) is 3.36. The summed E-state index contributed by atoms with van der Waals surface area (Å²) in [7, 11) is 0. The number of halogens is 2. The molecule has 0 aliphatic heterocycles. The first kappa shape index (κ1) is 12.0. The van der Waals surface area contributed by atoms with Gasteiger partial charge in [-0.1, -0.05) is 28.1 Å². The Morgan fingerprint density at radius 1 is 1.43 bits per heavy atom. The minimum atomic E-state index is 0. The summed E-state index contributed by atoms with van der Waals surface area (Å²) in [5.74, 6) is 0. The molecular weight excluding hydrogens is 261 g/mol. The van der Waals surface area contributed by atoms with Crippen LogP contribution in [0.2, 0.25) is 0 Å². The highest BCUT2D eigenvalue weighted by atomic mass is 79.9. The van der Waals surface area contributed by atoms with E-state index in [1.165, 1.54) is 28.4 Å². The third-order valence-electron chi connectivity index (χ3n) is 2.64. The summed E-state index contributed by atoms with van der Waals surface area (Å²) in [4.78, 5) is 0. The molecule has 1 aliphatic rings. The fraction of sp³-hybridized carbons (Fsp3) is 0.455. The van der Waals surface area contributed by atoms with E-state index in [9.17, 15) is 0 Å². The summed E-state index contributed by atoms with van der Waals surface area (Å²) in [5.41, 5.74) is 8.80. The van der Waals surface area contributed by atoms with Crippen molar-refractivity contribution in [1.29, 1.82) is 0 Å². The van der Waals surface area contributed by atoms with Crippen molar-refractivity contribution < 1.29 is 0 Å². The molecule has 0 saturated heterocycles. The van der Waals surface area contributed by atoms with Crippen LogP contribution in [0.25, 0.3) is 0 Å². The van der Waals surface area contributed by atoms with E-state index in [4.69, 9.17) is 5.73 Å². The monoisotopic (exact) mass is 275 g/mol. The first-order chi connectivity index (χ1) is 6.09. The third-order valence-corrected chi connectivity index (χ3v) is 3.38. The van der Waals surface area contributed by atoms with Crippen LogP contribution in [0.3, 0.4) is 0 Å². The molecule has 78 valence electrons. The molecular formula is C11H15BrClN. The van der Waals surface area contributed by atoms with Gasteiger partial charge in [-0.05, 0) is 43.4 Å². The maximum absolute atomic E-state index is 6.06. The molecule has 0 bridgehead atoms. The molecule has 1 fully saturated rings. The number of aryl methyl sites for hydroxylation is 1. The predicted molar refractivity (Wildman–Crippen MR) is 66.0 cm³/mol. The van der Waals surface area contributed by atoms with Gasteiger partial charge in [-0.2, -0.15) is 0 Å². The van der Waals surface area contributed by atoms with Crippen molar-refractivity contribution in [3.8, 4) is 0 Å². The molecule has 0 atom stereocenters. The van der Waals surface area contributed by atoms with Crippen LogP contribution in [-0.4, -0.2) is 5.54 Å². The van der Waals surface area contributed by atoms with E-state index in [2.05, 4.69) is 41.1 Å². The van der Waals surface area contributed by atoms with E-state index < -0.39 is 0 Å². The SMILES string of the molecule is Cc1ccc(CC2(N)CC2)c(Br)c1.Cl. The second kappa shape index (κ2) is 4.21. The van der Waals surface area contributed by atoms with Crippen LogP contribution in [0.1, 0.15) is 24.0 Å². The van der Waals surface area contributed by atoms with Gasteiger partial charge < -0.3 is 5.73 Å². The van der Waals surface area contributed by atoms with Crippen molar-refractivity contribution in [2.24, 2.45) is 5.73 Å². The van der Waals surface area contributed by atoms with E-state index in [1.54, 1.807) is 0 Å². The third kappa shape index (κ3) is 2.72. The summed E-state index contributed by atoms with van der Waals surface area (Å²) >= 11 is 3.57. The molecule has 3 heteroatoms. The summed E-state index contributed by atoms with van der Waals surface area (Å²) in [6.45, 7) is 2.10. The minimum Gasteiger partial charge on any atom is -0.325 e. The van der Waals surface area contributed by atoms with Crippen LogP contribution >= 0.6 is 28.3 Å². The lowest BCUT2D eigenvalue weighted by Crippen LogP contribution is -2.24. The van der Waals surface area contributed by atoms with Crippen molar-refractivity contribution in [1.82, 2.24) is 0 Å². The van der Waals surface area contributed by atoms with Gasteiger partial charge in [0.2, 0.25) is 0 Å². The quantitative estimate of drug-likeness (QED) is 0.882. The number of hydrogen-bond acceptors (Lipinski definition) is 1. The van der Waals surface area contributed by atoms with Gasteiger partial charge in [0.1, 0.15) is 0 Å².